The number of hydrogen-bond donors (Lipinski definition) is 0. The molecule has 1 rings (SSSR count). The summed E-state index contributed by atoms with van der Waals surface area (Å²) in [5.41, 5.74) is 0. The van der Waals surface area contributed by atoms with E-state index in [1.54, 1.807) is 11.8 Å². The fourth-order valence-electron chi connectivity index (χ4n) is 1.20. The number of rotatable bonds is 7. The van der Waals surface area contributed by atoms with Crippen LogP contribution in [0.25, 0.3) is 0 Å². The van der Waals surface area contributed by atoms with Gasteiger partial charge in [0, 0.05) is 11.3 Å². The number of allylic oxidation sites excluding steroid dienone is 1. The first kappa shape index (κ1) is 12.1. The summed E-state index contributed by atoms with van der Waals surface area (Å²) in [6.45, 7) is 3.63. The third kappa shape index (κ3) is 5.43. The number of ketones is 1. The first-order valence-corrected chi connectivity index (χ1v) is 6.12. The van der Waals surface area contributed by atoms with Crippen molar-refractivity contribution < 1.29 is 4.79 Å². The van der Waals surface area contributed by atoms with E-state index in [1.807, 2.05) is 36.4 Å². The van der Waals surface area contributed by atoms with Gasteiger partial charge in [0.2, 0.25) is 0 Å². The van der Waals surface area contributed by atoms with Crippen molar-refractivity contribution in [1.82, 2.24) is 0 Å². The number of thioether (sulfide) groups is 1. The van der Waals surface area contributed by atoms with E-state index in [0.717, 1.165) is 17.7 Å². The third-order valence-electron chi connectivity index (χ3n) is 2.01. The topological polar surface area (TPSA) is 17.1 Å². The molecule has 0 aliphatic carbocycles. The fraction of sp³-hybridized carbons (Fsp3) is 0.308. The van der Waals surface area contributed by atoms with Crippen LogP contribution in [0.15, 0.2) is 47.9 Å². The Labute approximate surface area is 95.6 Å². The van der Waals surface area contributed by atoms with Gasteiger partial charge in [0.15, 0.2) is 0 Å². The standard InChI is InChI=1S/C13H16OS/c1-2-3-5-8-12(14)11-15-13-9-6-4-7-10-13/h2,4,6-7,9-10H,1,3,5,8,11H2. The highest BCUT2D eigenvalue weighted by Crippen LogP contribution is 2.17. The molecular formula is C13H16OS. The van der Waals surface area contributed by atoms with Crippen molar-refractivity contribution in [2.24, 2.45) is 0 Å². The van der Waals surface area contributed by atoms with Gasteiger partial charge < -0.3 is 0 Å². The molecule has 0 bridgehead atoms. The monoisotopic (exact) mass is 220 g/mol. The van der Waals surface area contributed by atoms with Gasteiger partial charge in [-0.3, -0.25) is 4.79 Å². The SMILES string of the molecule is C=CCCCC(=O)CSc1ccccc1. The molecule has 0 saturated carbocycles. The van der Waals surface area contributed by atoms with Gasteiger partial charge in [0.05, 0.1) is 5.75 Å². The normalized spacial score (nSPS) is 9.87. The maximum Gasteiger partial charge on any atom is 0.143 e. The smallest absolute Gasteiger partial charge is 0.143 e. The Kier molecular flexibility index (Phi) is 5.86. The predicted octanol–water partition coefficient (Wildman–Crippen LogP) is 3.70. The summed E-state index contributed by atoms with van der Waals surface area (Å²) in [6, 6.07) is 10.0. The van der Waals surface area contributed by atoms with Gasteiger partial charge >= 0.3 is 0 Å². The van der Waals surface area contributed by atoms with Crippen LogP contribution in [0.3, 0.4) is 0 Å². The molecule has 0 aliphatic heterocycles. The molecule has 1 aromatic carbocycles. The maximum absolute atomic E-state index is 11.4. The Morgan fingerprint density at radius 1 is 1.33 bits per heavy atom. The minimum Gasteiger partial charge on any atom is -0.299 e. The second-order valence-electron chi connectivity index (χ2n) is 3.32. The van der Waals surface area contributed by atoms with E-state index in [1.165, 1.54) is 0 Å². The van der Waals surface area contributed by atoms with E-state index in [-0.39, 0.29) is 0 Å². The van der Waals surface area contributed by atoms with E-state index in [2.05, 4.69) is 6.58 Å². The Morgan fingerprint density at radius 3 is 2.73 bits per heavy atom. The van der Waals surface area contributed by atoms with Crippen LogP contribution >= 0.6 is 11.8 Å². The number of Topliss-reactive ketones (excluding diaryl/α,β-unsaturated/α-hetero) is 1. The van der Waals surface area contributed by atoms with E-state index in [4.69, 9.17) is 0 Å². The largest absolute Gasteiger partial charge is 0.299 e. The summed E-state index contributed by atoms with van der Waals surface area (Å²) >= 11 is 1.61. The molecule has 0 atom stereocenters. The predicted molar refractivity (Wildman–Crippen MR) is 66.2 cm³/mol. The summed E-state index contributed by atoms with van der Waals surface area (Å²) in [5, 5.41) is 0. The fourth-order valence-corrected chi connectivity index (χ4v) is 2.02. The summed E-state index contributed by atoms with van der Waals surface area (Å²) < 4.78 is 0. The molecule has 0 saturated heterocycles. The van der Waals surface area contributed by atoms with Crippen molar-refractivity contribution in [3.63, 3.8) is 0 Å². The molecule has 0 N–H and O–H groups in total. The van der Waals surface area contributed by atoms with Crippen LogP contribution in [0, 0.1) is 0 Å². The van der Waals surface area contributed by atoms with E-state index < -0.39 is 0 Å². The summed E-state index contributed by atoms with van der Waals surface area (Å²) in [5.74, 6) is 0.909. The lowest BCUT2D eigenvalue weighted by molar-refractivity contribution is -0.116. The van der Waals surface area contributed by atoms with Crippen LogP contribution in [-0.4, -0.2) is 11.5 Å². The highest BCUT2D eigenvalue weighted by Gasteiger charge is 2.01. The first-order valence-electron chi connectivity index (χ1n) is 5.13. The Morgan fingerprint density at radius 2 is 2.07 bits per heavy atom. The van der Waals surface area contributed by atoms with Crippen molar-refractivity contribution in [2.45, 2.75) is 24.2 Å². The molecule has 1 aromatic rings. The van der Waals surface area contributed by atoms with Gasteiger partial charge in [0.1, 0.15) is 5.78 Å². The first-order chi connectivity index (χ1) is 7.33. The number of carbonyl (C=O) groups excluding carboxylic acids is 1. The van der Waals surface area contributed by atoms with Crippen LogP contribution in [0.1, 0.15) is 19.3 Å². The lowest BCUT2D eigenvalue weighted by Gasteiger charge is -2.00. The van der Waals surface area contributed by atoms with Crippen molar-refractivity contribution in [3.8, 4) is 0 Å². The van der Waals surface area contributed by atoms with Crippen LogP contribution in [0.4, 0.5) is 0 Å². The lowest BCUT2D eigenvalue weighted by Crippen LogP contribution is -2.00. The van der Waals surface area contributed by atoms with E-state index in [9.17, 15) is 4.79 Å². The van der Waals surface area contributed by atoms with Gasteiger partial charge in [-0.2, -0.15) is 0 Å². The second-order valence-corrected chi connectivity index (χ2v) is 4.37. The molecule has 1 nitrogen and oxygen atoms in total. The van der Waals surface area contributed by atoms with Crippen molar-refractivity contribution in [1.29, 1.82) is 0 Å². The van der Waals surface area contributed by atoms with Gasteiger partial charge in [-0.15, -0.1) is 18.3 Å². The Bertz CT molecular complexity index is 306. The molecule has 0 aromatic heterocycles. The van der Waals surface area contributed by atoms with Crippen LogP contribution in [0.2, 0.25) is 0 Å². The molecule has 80 valence electrons. The maximum atomic E-state index is 11.4. The highest BCUT2D eigenvalue weighted by atomic mass is 32.2. The zero-order valence-corrected chi connectivity index (χ0v) is 9.63. The van der Waals surface area contributed by atoms with Crippen molar-refractivity contribution >= 4 is 17.5 Å². The minimum absolute atomic E-state index is 0.325. The molecule has 2 heteroatoms. The molecule has 0 aliphatic rings. The minimum atomic E-state index is 0.325. The summed E-state index contributed by atoms with van der Waals surface area (Å²) in [7, 11) is 0. The average molecular weight is 220 g/mol. The molecule has 0 fully saturated rings. The third-order valence-corrected chi connectivity index (χ3v) is 3.08. The van der Waals surface area contributed by atoms with Gasteiger partial charge in [-0.05, 0) is 25.0 Å². The van der Waals surface area contributed by atoms with E-state index >= 15 is 0 Å². The second kappa shape index (κ2) is 7.30. The molecule has 0 unspecified atom stereocenters. The van der Waals surface area contributed by atoms with Gasteiger partial charge in [-0.25, -0.2) is 0 Å². The van der Waals surface area contributed by atoms with E-state index in [0.29, 0.717) is 18.0 Å². The lowest BCUT2D eigenvalue weighted by atomic mass is 10.2. The highest BCUT2D eigenvalue weighted by molar-refractivity contribution is 8.00. The van der Waals surface area contributed by atoms with Crippen LogP contribution in [0.5, 0.6) is 0 Å². The zero-order valence-electron chi connectivity index (χ0n) is 8.82. The Hall–Kier alpha value is -1.02. The van der Waals surface area contributed by atoms with Crippen LogP contribution < -0.4 is 0 Å². The molecule has 0 heterocycles. The Balaban J connectivity index is 2.20. The molecule has 15 heavy (non-hydrogen) atoms. The molecular weight excluding hydrogens is 204 g/mol. The quantitative estimate of drug-likeness (QED) is 0.396. The van der Waals surface area contributed by atoms with Crippen molar-refractivity contribution in [2.75, 3.05) is 5.75 Å². The molecule has 0 amide bonds. The van der Waals surface area contributed by atoms with Gasteiger partial charge in [-0.1, -0.05) is 24.3 Å². The number of hydrogen-bond acceptors (Lipinski definition) is 2. The zero-order chi connectivity index (χ0) is 10.9. The van der Waals surface area contributed by atoms with Crippen LogP contribution in [-0.2, 0) is 4.79 Å². The number of benzene rings is 1. The molecule has 0 spiro atoms. The summed E-state index contributed by atoms with van der Waals surface area (Å²) in [4.78, 5) is 12.6. The van der Waals surface area contributed by atoms with Crippen molar-refractivity contribution in [3.05, 3.63) is 43.0 Å². The molecule has 0 radical (unpaired) electrons. The number of unbranched alkanes of at least 4 members (excludes halogenated alkanes) is 1. The number of carbonyl (C=O) groups is 1. The summed E-state index contributed by atoms with van der Waals surface area (Å²) in [6.07, 6.45) is 4.39. The average Bonchev–Trinajstić information content (AvgIpc) is 2.28. The van der Waals surface area contributed by atoms with Gasteiger partial charge in [0.25, 0.3) is 0 Å².